The third-order valence-corrected chi connectivity index (χ3v) is 5.30. The molecule has 1 aliphatic heterocycles. The summed E-state index contributed by atoms with van der Waals surface area (Å²) in [6.07, 6.45) is -0.505. The van der Waals surface area contributed by atoms with Crippen LogP contribution in [0.15, 0.2) is 24.3 Å². The van der Waals surface area contributed by atoms with Crippen molar-refractivity contribution in [2.75, 3.05) is 24.7 Å². The number of thioether (sulfide) groups is 1. The van der Waals surface area contributed by atoms with E-state index in [9.17, 15) is 9.59 Å². The molecule has 28 heavy (non-hydrogen) atoms. The van der Waals surface area contributed by atoms with Gasteiger partial charge in [0, 0.05) is 25.5 Å². The number of nitrogens with zero attached hydrogens (tertiary/aromatic N) is 2. The van der Waals surface area contributed by atoms with E-state index in [2.05, 4.69) is 0 Å². The molecular formula is C21H32N2O4S. The number of hydrogen-bond donors (Lipinski definition) is 0. The molecular weight excluding hydrogens is 376 g/mol. The standard InChI is InChI=1S/C21H32N2O4S/c1-20(2,3)26-18(24)16-13-28-17(23(16)19(25)27-21(4,5)6)14-9-11-15(12-10-14)22(7)8/h9-12,16-17H,13H2,1-8H3/t16-,17?/m0/s1. The highest BCUT2D eigenvalue weighted by atomic mass is 32.2. The van der Waals surface area contributed by atoms with E-state index in [0.717, 1.165) is 11.3 Å². The van der Waals surface area contributed by atoms with Crippen LogP contribution in [0.5, 0.6) is 0 Å². The van der Waals surface area contributed by atoms with Crippen LogP contribution in [0.25, 0.3) is 0 Å². The Morgan fingerprint density at radius 3 is 2.00 bits per heavy atom. The van der Waals surface area contributed by atoms with Gasteiger partial charge in [-0.15, -0.1) is 11.8 Å². The topological polar surface area (TPSA) is 59.1 Å². The zero-order valence-electron chi connectivity index (χ0n) is 18.1. The van der Waals surface area contributed by atoms with Gasteiger partial charge in [0.05, 0.1) is 0 Å². The van der Waals surface area contributed by atoms with E-state index in [1.807, 2.05) is 84.8 Å². The van der Waals surface area contributed by atoms with Gasteiger partial charge in [0.15, 0.2) is 0 Å². The molecule has 1 aromatic carbocycles. The van der Waals surface area contributed by atoms with Crippen molar-refractivity contribution in [1.82, 2.24) is 4.90 Å². The third-order valence-electron chi connectivity index (χ3n) is 3.98. The lowest BCUT2D eigenvalue weighted by molar-refractivity contribution is -0.160. The molecule has 2 rings (SSSR count). The lowest BCUT2D eigenvalue weighted by Crippen LogP contribution is -2.47. The van der Waals surface area contributed by atoms with Crippen LogP contribution in [-0.2, 0) is 14.3 Å². The zero-order chi connectivity index (χ0) is 21.3. The molecule has 1 heterocycles. The number of ether oxygens (including phenoxy) is 2. The molecule has 1 aromatic rings. The van der Waals surface area contributed by atoms with Crippen molar-refractivity contribution >= 4 is 29.5 Å². The predicted molar refractivity (Wildman–Crippen MR) is 114 cm³/mol. The van der Waals surface area contributed by atoms with Gasteiger partial charge in [0.25, 0.3) is 0 Å². The maximum absolute atomic E-state index is 13.0. The van der Waals surface area contributed by atoms with Gasteiger partial charge in [-0.1, -0.05) is 12.1 Å². The third kappa shape index (κ3) is 5.80. The zero-order valence-corrected chi connectivity index (χ0v) is 18.9. The molecule has 0 N–H and O–H groups in total. The Labute approximate surface area is 172 Å². The molecule has 1 fully saturated rings. The van der Waals surface area contributed by atoms with Gasteiger partial charge in [-0.2, -0.15) is 0 Å². The minimum absolute atomic E-state index is 0.302. The molecule has 1 saturated heterocycles. The highest BCUT2D eigenvalue weighted by Crippen LogP contribution is 2.43. The smallest absolute Gasteiger partial charge is 0.412 e. The second-order valence-corrected chi connectivity index (χ2v) is 10.2. The van der Waals surface area contributed by atoms with Crippen molar-refractivity contribution < 1.29 is 19.1 Å². The number of carbonyl (C=O) groups is 2. The van der Waals surface area contributed by atoms with Crippen molar-refractivity contribution in [3.8, 4) is 0 Å². The number of anilines is 1. The summed E-state index contributed by atoms with van der Waals surface area (Å²) in [4.78, 5) is 29.3. The molecule has 0 radical (unpaired) electrons. The second kappa shape index (κ2) is 8.23. The van der Waals surface area contributed by atoms with Crippen LogP contribution in [0.2, 0.25) is 0 Å². The highest BCUT2D eigenvalue weighted by molar-refractivity contribution is 7.99. The van der Waals surface area contributed by atoms with Crippen LogP contribution in [0.4, 0.5) is 10.5 Å². The number of benzene rings is 1. The summed E-state index contributed by atoms with van der Waals surface area (Å²) in [5, 5.41) is -0.302. The van der Waals surface area contributed by atoms with Gasteiger partial charge >= 0.3 is 12.1 Å². The fraction of sp³-hybridized carbons (Fsp3) is 0.619. The summed E-state index contributed by atoms with van der Waals surface area (Å²) in [5.41, 5.74) is 0.751. The predicted octanol–water partition coefficient (Wildman–Crippen LogP) is 4.45. The number of carbonyl (C=O) groups excluding carboxylic acids is 2. The van der Waals surface area contributed by atoms with Gasteiger partial charge < -0.3 is 14.4 Å². The maximum Gasteiger partial charge on any atom is 0.412 e. The van der Waals surface area contributed by atoms with E-state index in [1.54, 1.807) is 11.8 Å². The first-order chi connectivity index (χ1) is 12.8. The molecule has 1 aliphatic rings. The first-order valence-electron chi connectivity index (χ1n) is 9.41. The summed E-state index contributed by atoms with van der Waals surface area (Å²) in [5.74, 6) is 0.0621. The Morgan fingerprint density at radius 2 is 1.54 bits per heavy atom. The number of rotatable bonds is 3. The normalized spacial score (nSPS) is 20.1. The molecule has 1 amide bonds. The van der Waals surface area contributed by atoms with Crippen LogP contribution < -0.4 is 4.90 Å². The van der Waals surface area contributed by atoms with E-state index >= 15 is 0 Å². The number of hydrogen-bond acceptors (Lipinski definition) is 6. The number of esters is 1. The Morgan fingerprint density at radius 1 is 1.00 bits per heavy atom. The lowest BCUT2D eigenvalue weighted by Gasteiger charge is -2.32. The highest BCUT2D eigenvalue weighted by Gasteiger charge is 2.45. The monoisotopic (exact) mass is 408 g/mol. The molecule has 0 bridgehead atoms. The minimum atomic E-state index is -0.683. The SMILES string of the molecule is CN(C)c1ccc(C2SC[C@@H](C(=O)OC(C)(C)C)N2C(=O)OC(C)(C)C)cc1. The Bertz CT molecular complexity index is 705. The molecule has 6 nitrogen and oxygen atoms in total. The minimum Gasteiger partial charge on any atom is -0.458 e. The van der Waals surface area contributed by atoms with Crippen LogP contribution in [-0.4, -0.2) is 54.1 Å². The molecule has 0 saturated carbocycles. The summed E-state index contributed by atoms with van der Waals surface area (Å²) in [7, 11) is 3.95. The number of amides is 1. The molecule has 2 atom stereocenters. The first kappa shape index (κ1) is 22.4. The molecule has 7 heteroatoms. The fourth-order valence-electron chi connectivity index (χ4n) is 2.79. The van der Waals surface area contributed by atoms with Crippen LogP contribution >= 0.6 is 11.8 Å². The molecule has 0 aliphatic carbocycles. The van der Waals surface area contributed by atoms with Gasteiger partial charge in [0.1, 0.15) is 22.6 Å². The van der Waals surface area contributed by atoms with Gasteiger partial charge in [0.2, 0.25) is 0 Å². The first-order valence-corrected chi connectivity index (χ1v) is 10.5. The van der Waals surface area contributed by atoms with E-state index in [4.69, 9.17) is 9.47 Å². The summed E-state index contributed by atoms with van der Waals surface area (Å²) >= 11 is 1.55. The maximum atomic E-state index is 13.0. The second-order valence-electron chi connectivity index (χ2n) is 9.11. The van der Waals surface area contributed by atoms with E-state index in [1.165, 1.54) is 4.90 Å². The summed E-state index contributed by atoms with van der Waals surface area (Å²) in [6, 6.07) is 7.30. The van der Waals surface area contributed by atoms with Crippen molar-refractivity contribution in [1.29, 1.82) is 0 Å². The molecule has 0 spiro atoms. The molecule has 1 unspecified atom stereocenters. The molecule has 156 valence electrons. The van der Waals surface area contributed by atoms with Crippen molar-refractivity contribution in [2.24, 2.45) is 0 Å². The van der Waals surface area contributed by atoms with Crippen LogP contribution in [0.1, 0.15) is 52.5 Å². The Balaban J connectivity index is 2.33. The van der Waals surface area contributed by atoms with Gasteiger partial charge in [-0.25, -0.2) is 9.59 Å². The average Bonchev–Trinajstić information content (AvgIpc) is 2.97. The van der Waals surface area contributed by atoms with E-state index in [0.29, 0.717) is 5.75 Å². The largest absolute Gasteiger partial charge is 0.458 e. The average molecular weight is 409 g/mol. The van der Waals surface area contributed by atoms with E-state index in [-0.39, 0.29) is 5.37 Å². The Hall–Kier alpha value is -1.89. The van der Waals surface area contributed by atoms with Crippen molar-refractivity contribution in [3.05, 3.63) is 29.8 Å². The lowest BCUT2D eigenvalue weighted by atomic mass is 10.1. The van der Waals surface area contributed by atoms with Gasteiger partial charge in [-0.05, 0) is 59.2 Å². The fourth-order valence-corrected chi connectivity index (χ4v) is 4.19. The summed E-state index contributed by atoms with van der Waals surface area (Å²) < 4.78 is 11.2. The molecule has 0 aromatic heterocycles. The summed E-state index contributed by atoms with van der Waals surface area (Å²) in [6.45, 7) is 10.9. The van der Waals surface area contributed by atoms with Crippen LogP contribution in [0.3, 0.4) is 0 Å². The van der Waals surface area contributed by atoms with Crippen molar-refractivity contribution in [3.63, 3.8) is 0 Å². The van der Waals surface area contributed by atoms with Crippen LogP contribution in [0, 0.1) is 0 Å². The van der Waals surface area contributed by atoms with E-state index < -0.39 is 29.3 Å². The quantitative estimate of drug-likeness (QED) is 0.689. The Kier molecular flexibility index (Phi) is 6.58. The van der Waals surface area contributed by atoms with Gasteiger partial charge in [-0.3, -0.25) is 4.90 Å². The van der Waals surface area contributed by atoms with Crippen molar-refractivity contribution in [2.45, 2.75) is 64.2 Å².